The van der Waals surface area contributed by atoms with Gasteiger partial charge in [0, 0.05) is 12.3 Å². The Morgan fingerprint density at radius 3 is 2.86 bits per heavy atom. The third kappa shape index (κ3) is 2.52. The number of fused-ring (bicyclic) bond motifs is 1. The number of hydrogen-bond donors (Lipinski definition) is 1. The molecule has 0 spiro atoms. The van der Waals surface area contributed by atoms with E-state index >= 15 is 0 Å². The van der Waals surface area contributed by atoms with Crippen LogP contribution in [0.15, 0.2) is 24.4 Å². The second-order valence-corrected chi connectivity index (χ2v) is 5.36. The number of methoxy groups -OCH3 is 2. The number of rotatable bonds is 4. The van der Waals surface area contributed by atoms with E-state index in [0.717, 1.165) is 16.9 Å². The fourth-order valence-corrected chi connectivity index (χ4v) is 2.81. The molecule has 1 N–H and O–H groups in total. The molecule has 0 aliphatic heterocycles. The van der Waals surface area contributed by atoms with Crippen molar-refractivity contribution in [1.82, 2.24) is 9.78 Å². The Morgan fingerprint density at radius 2 is 2.18 bits per heavy atom. The molecule has 1 aliphatic rings. The van der Waals surface area contributed by atoms with Crippen LogP contribution in [-0.2, 0) is 17.6 Å². The van der Waals surface area contributed by atoms with Gasteiger partial charge in [0.25, 0.3) is 0 Å². The van der Waals surface area contributed by atoms with Crippen molar-refractivity contribution in [2.24, 2.45) is 5.92 Å². The zero-order chi connectivity index (χ0) is 15.7. The van der Waals surface area contributed by atoms with Gasteiger partial charge in [-0.1, -0.05) is 0 Å². The number of hydrogen-bond acceptors (Lipinski definition) is 4. The smallest absolute Gasteiger partial charge is 0.306 e. The van der Waals surface area contributed by atoms with E-state index in [0.29, 0.717) is 30.8 Å². The van der Waals surface area contributed by atoms with Crippen molar-refractivity contribution in [3.63, 3.8) is 0 Å². The molecule has 1 aliphatic carbocycles. The van der Waals surface area contributed by atoms with E-state index in [1.165, 1.54) is 0 Å². The van der Waals surface area contributed by atoms with Crippen LogP contribution in [0, 0.1) is 5.92 Å². The summed E-state index contributed by atoms with van der Waals surface area (Å²) in [6.45, 7) is 0. The maximum Gasteiger partial charge on any atom is 0.306 e. The minimum atomic E-state index is -0.739. The molecule has 3 rings (SSSR count). The van der Waals surface area contributed by atoms with Crippen LogP contribution >= 0.6 is 0 Å². The Morgan fingerprint density at radius 1 is 1.36 bits per heavy atom. The molecule has 0 radical (unpaired) electrons. The fourth-order valence-electron chi connectivity index (χ4n) is 2.81. The number of aryl methyl sites for hydroxylation is 1. The van der Waals surface area contributed by atoms with E-state index in [2.05, 4.69) is 5.10 Å². The number of carboxylic acid groups (broad SMARTS) is 1. The molecular formula is C16H18N2O4. The van der Waals surface area contributed by atoms with E-state index in [-0.39, 0.29) is 5.92 Å². The summed E-state index contributed by atoms with van der Waals surface area (Å²) < 4.78 is 12.4. The Labute approximate surface area is 128 Å². The Hall–Kier alpha value is -2.50. The molecule has 0 fully saturated rings. The normalized spacial score (nSPS) is 16.9. The standard InChI is InChI=1S/C16H18N2O4/c1-21-12-4-6-15(22-2)14(8-12)18-9-11-7-10(16(19)20)3-5-13(11)17-18/h4,6,8-10H,3,5,7H2,1-2H3,(H,19,20). The van der Waals surface area contributed by atoms with Gasteiger partial charge >= 0.3 is 5.97 Å². The van der Waals surface area contributed by atoms with Crippen LogP contribution in [0.3, 0.4) is 0 Å². The second kappa shape index (κ2) is 5.71. The summed E-state index contributed by atoms with van der Waals surface area (Å²) in [6.07, 6.45) is 3.73. The quantitative estimate of drug-likeness (QED) is 0.936. The van der Waals surface area contributed by atoms with Crippen molar-refractivity contribution in [2.45, 2.75) is 19.3 Å². The largest absolute Gasteiger partial charge is 0.497 e. The minimum Gasteiger partial charge on any atom is -0.497 e. The molecule has 2 aromatic rings. The van der Waals surface area contributed by atoms with Crippen LogP contribution in [0.25, 0.3) is 5.69 Å². The molecule has 0 bridgehead atoms. The number of nitrogens with zero attached hydrogens (tertiary/aromatic N) is 2. The molecular weight excluding hydrogens is 284 g/mol. The van der Waals surface area contributed by atoms with Crippen molar-refractivity contribution >= 4 is 5.97 Å². The molecule has 22 heavy (non-hydrogen) atoms. The lowest BCUT2D eigenvalue weighted by Crippen LogP contribution is -2.21. The average molecular weight is 302 g/mol. The zero-order valence-corrected chi connectivity index (χ0v) is 12.6. The molecule has 1 heterocycles. The lowest BCUT2D eigenvalue weighted by atomic mass is 9.88. The van der Waals surface area contributed by atoms with Crippen LogP contribution in [0.5, 0.6) is 11.5 Å². The van der Waals surface area contributed by atoms with Crippen molar-refractivity contribution in [3.8, 4) is 17.2 Å². The van der Waals surface area contributed by atoms with Crippen LogP contribution in [-0.4, -0.2) is 35.1 Å². The SMILES string of the molecule is COc1ccc(OC)c(-n2cc3c(n2)CCC(C(=O)O)C3)c1. The average Bonchev–Trinajstić information content (AvgIpc) is 2.96. The number of aliphatic carboxylic acids is 1. The van der Waals surface area contributed by atoms with Crippen LogP contribution in [0.1, 0.15) is 17.7 Å². The van der Waals surface area contributed by atoms with E-state index in [1.807, 2.05) is 24.4 Å². The van der Waals surface area contributed by atoms with E-state index < -0.39 is 5.97 Å². The first-order chi connectivity index (χ1) is 10.6. The highest BCUT2D eigenvalue weighted by atomic mass is 16.5. The topological polar surface area (TPSA) is 73.6 Å². The van der Waals surface area contributed by atoms with Crippen LogP contribution in [0.2, 0.25) is 0 Å². The van der Waals surface area contributed by atoms with Gasteiger partial charge in [0.05, 0.1) is 25.8 Å². The van der Waals surface area contributed by atoms with Gasteiger partial charge in [-0.25, -0.2) is 4.68 Å². The number of benzene rings is 1. The first kappa shape index (κ1) is 14.4. The summed E-state index contributed by atoms with van der Waals surface area (Å²) in [4.78, 5) is 11.2. The Balaban J connectivity index is 1.99. The molecule has 0 saturated carbocycles. The highest BCUT2D eigenvalue weighted by Crippen LogP contribution is 2.30. The third-order valence-electron chi connectivity index (χ3n) is 4.06. The molecule has 6 nitrogen and oxygen atoms in total. The predicted octanol–water partition coefficient (Wildman–Crippen LogP) is 2.08. The highest BCUT2D eigenvalue weighted by Gasteiger charge is 2.27. The lowest BCUT2D eigenvalue weighted by molar-refractivity contribution is -0.142. The van der Waals surface area contributed by atoms with Crippen molar-refractivity contribution in [2.75, 3.05) is 14.2 Å². The predicted molar refractivity (Wildman–Crippen MR) is 79.8 cm³/mol. The van der Waals surface area contributed by atoms with Gasteiger partial charge in [-0.2, -0.15) is 5.10 Å². The summed E-state index contributed by atoms with van der Waals surface area (Å²) in [5, 5.41) is 13.8. The number of aromatic nitrogens is 2. The van der Waals surface area contributed by atoms with Crippen molar-refractivity contribution in [3.05, 3.63) is 35.7 Å². The van der Waals surface area contributed by atoms with Crippen LogP contribution < -0.4 is 9.47 Å². The number of carboxylic acids is 1. The molecule has 1 aromatic carbocycles. The van der Waals surface area contributed by atoms with E-state index in [9.17, 15) is 9.90 Å². The minimum absolute atomic E-state index is 0.322. The maximum absolute atomic E-state index is 11.2. The molecule has 1 atom stereocenters. The highest BCUT2D eigenvalue weighted by molar-refractivity contribution is 5.71. The summed E-state index contributed by atoms with van der Waals surface area (Å²) in [5.74, 6) is 0.345. The lowest BCUT2D eigenvalue weighted by Gasteiger charge is -2.16. The second-order valence-electron chi connectivity index (χ2n) is 5.36. The van der Waals surface area contributed by atoms with Crippen molar-refractivity contribution < 1.29 is 19.4 Å². The molecule has 1 unspecified atom stereocenters. The molecule has 6 heteroatoms. The van der Waals surface area contributed by atoms with Gasteiger partial charge in [-0.15, -0.1) is 0 Å². The van der Waals surface area contributed by atoms with Gasteiger partial charge < -0.3 is 14.6 Å². The summed E-state index contributed by atoms with van der Waals surface area (Å²) in [7, 11) is 3.21. The molecule has 0 amide bonds. The Kier molecular flexibility index (Phi) is 3.75. The van der Waals surface area contributed by atoms with Gasteiger partial charge in [0.1, 0.15) is 17.2 Å². The van der Waals surface area contributed by atoms with Gasteiger partial charge in [0.15, 0.2) is 0 Å². The fraction of sp³-hybridized carbons (Fsp3) is 0.375. The number of ether oxygens (including phenoxy) is 2. The summed E-state index contributed by atoms with van der Waals surface area (Å²) >= 11 is 0. The Bertz CT molecular complexity index is 708. The molecule has 1 aromatic heterocycles. The van der Waals surface area contributed by atoms with Crippen molar-refractivity contribution in [1.29, 1.82) is 0 Å². The third-order valence-corrected chi connectivity index (χ3v) is 4.06. The molecule has 116 valence electrons. The van der Waals surface area contributed by atoms with E-state index in [1.54, 1.807) is 18.9 Å². The molecule has 0 saturated heterocycles. The van der Waals surface area contributed by atoms with Gasteiger partial charge in [-0.3, -0.25) is 4.79 Å². The number of carbonyl (C=O) groups is 1. The van der Waals surface area contributed by atoms with Crippen LogP contribution in [0.4, 0.5) is 0 Å². The van der Waals surface area contributed by atoms with Gasteiger partial charge in [0.2, 0.25) is 0 Å². The monoisotopic (exact) mass is 302 g/mol. The maximum atomic E-state index is 11.2. The summed E-state index contributed by atoms with van der Waals surface area (Å²) in [6, 6.07) is 5.51. The zero-order valence-electron chi connectivity index (χ0n) is 12.6. The first-order valence-electron chi connectivity index (χ1n) is 7.15. The van der Waals surface area contributed by atoms with Gasteiger partial charge in [-0.05, 0) is 37.0 Å². The first-order valence-corrected chi connectivity index (χ1v) is 7.15. The van der Waals surface area contributed by atoms with E-state index in [4.69, 9.17) is 9.47 Å². The summed E-state index contributed by atoms with van der Waals surface area (Å²) in [5.41, 5.74) is 2.73.